The van der Waals surface area contributed by atoms with Gasteiger partial charge in [-0.3, -0.25) is 14.4 Å². The number of carbonyl (C=O) groups is 3. The average molecular weight is 461 g/mol. The van der Waals surface area contributed by atoms with Crippen LogP contribution in [0.4, 0.5) is 0 Å². The molecule has 2 aromatic carbocycles. The van der Waals surface area contributed by atoms with E-state index < -0.39 is 29.7 Å². The predicted molar refractivity (Wildman–Crippen MR) is 131 cm³/mol. The number of rotatable bonds is 8. The highest BCUT2D eigenvalue weighted by Crippen LogP contribution is 2.30. The molecule has 3 rings (SSSR count). The van der Waals surface area contributed by atoms with Gasteiger partial charge in [0.15, 0.2) is 11.3 Å². The van der Waals surface area contributed by atoms with Gasteiger partial charge in [0.1, 0.15) is 6.61 Å². The molecule has 0 aliphatic heterocycles. The quantitative estimate of drug-likeness (QED) is 0.468. The van der Waals surface area contributed by atoms with E-state index >= 15 is 0 Å². The van der Waals surface area contributed by atoms with Crippen molar-refractivity contribution in [3.8, 4) is 11.8 Å². The summed E-state index contributed by atoms with van der Waals surface area (Å²) in [6, 6.07) is 15.0. The third-order valence-electron chi connectivity index (χ3n) is 6.83. The monoisotopic (exact) mass is 460 g/mol. The van der Waals surface area contributed by atoms with Gasteiger partial charge in [-0.2, -0.15) is 0 Å². The standard InChI is InChI=1S/C28H32N2O4/c1-28(25(32)19-31,27(34)29-2)30(3)26(33)24-17-15-23(16-18-24)14-13-22-11-9-21(10-12-22)8-7-20-5-4-6-20/h9-12,15-18,20,31H,4-8,19H2,1-3H3,(H,29,34)/t28-/m1/s1. The van der Waals surface area contributed by atoms with Crippen molar-refractivity contribution in [2.75, 3.05) is 20.7 Å². The van der Waals surface area contributed by atoms with Crippen molar-refractivity contribution in [2.24, 2.45) is 5.92 Å². The summed E-state index contributed by atoms with van der Waals surface area (Å²) < 4.78 is 0. The van der Waals surface area contributed by atoms with Crippen LogP contribution in [-0.4, -0.2) is 53.8 Å². The van der Waals surface area contributed by atoms with Crippen molar-refractivity contribution >= 4 is 17.6 Å². The zero-order valence-electron chi connectivity index (χ0n) is 20.1. The summed E-state index contributed by atoms with van der Waals surface area (Å²) in [6.07, 6.45) is 6.51. The summed E-state index contributed by atoms with van der Waals surface area (Å²) in [7, 11) is 2.74. The van der Waals surface area contributed by atoms with Crippen molar-refractivity contribution in [1.82, 2.24) is 10.2 Å². The molecule has 0 heterocycles. The van der Waals surface area contributed by atoms with Crippen LogP contribution in [0.5, 0.6) is 0 Å². The number of likely N-dealkylation sites (N-methyl/N-ethyl adjacent to an activating group) is 2. The lowest BCUT2D eigenvalue weighted by molar-refractivity contribution is -0.143. The second kappa shape index (κ2) is 11.1. The molecule has 1 fully saturated rings. The number of amides is 2. The van der Waals surface area contributed by atoms with E-state index in [2.05, 4.69) is 29.3 Å². The van der Waals surface area contributed by atoms with E-state index in [-0.39, 0.29) is 0 Å². The first-order chi connectivity index (χ1) is 16.3. The predicted octanol–water partition coefficient (Wildman–Crippen LogP) is 2.96. The van der Waals surface area contributed by atoms with Crippen molar-refractivity contribution in [1.29, 1.82) is 0 Å². The maximum absolute atomic E-state index is 12.9. The number of Topliss-reactive ketones (excluding diaryl/α,β-unsaturated/α-hetero) is 1. The summed E-state index contributed by atoms with van der Waals surface area (Å²) in [4.78, 5) is 38.6. The first-order valence-corrected chi connectivity index (χ1v) is 11.6. The fourth-order valence-electron chi connectivity index (χ4n) is 4.01. The molecular weight excluding hydrogens is 428 g/mol. The van der Waals surface area contributed by atoms with E-state index in [1.165, 1.54) is 52.3 Å². The molecule has 0 saturated heterocycles. The first kappa shape index (κ1) is 25.2. The van der Waals surface area contributed by atoms with Gasteiger partial charge in [0.2, 0.25) is 0 Å². The molecule has 6 nitrogen and oxygen atoms in total. The van der Waals surface area contributed by atoms with E-state index in [4.69, 9.17) is 0 Å². The number of nitrogens with one attached hydrogen (secondary N) is 1. The minimum atomic E-state index is -1.82. The number of hydrogen-bond donors (Lipinski definition) is 2. The van der Waals surface area contributed by atoms with Gasteiger partial charge in [-0.25, -0.2) is 0 Å². The van der Waals surface area contributed by atoms with E-state index in [0.29, 0.717) is 5.56 Å². The second-order valence-corrected chi connectivity index (χ2v) is 8.96. The van der Waals surface area contributed by atoms with Crippen LogP contribution >= 0.6 is 0 Å². The SMILES string of the molecule is CNC(=O)[C@@](C)(C(=O)CO)N(C)C(=O)c1ccc(C#Cc2ccc(CCC3CCC3)cc2)cc1. The average Bonchev–Trinajstić information content (AvgIpc) is 2.85. The second-order valence-electron chi connectivity index (χ2n) is 8.96. The lowest BCUT2D eigenvalue weighted by Crippen LogP contribution is -2.62. The Morgan fingerprint density at radius 3 is 2.06 bits per heavy atom. The topological polar surface area (TPSA) is 86.7 Å². The largest absolute Gasteiger partial charge is 0.388 e. The number of aliphatic hydroxyl groups excluding tert-OH is 1. The normalized spacial score (nSPS) is 14.7. The fourth-order valence-corrected chi connectivity index (χ4v) is 4.01. The third-order valence-corrected chi connectivity index (χ3v) is 6.83. The summed E-state index contributed by atoms with van der Waals surface area (Å²) in [6.45, 7) is 0.471. The molecule has 0 spiro atoms. The fraction of sp³-hybridized carbons (Fsp3) is 0.393. The zero-order valence-corrected chi connectivity index (χ0v) is 20.1. The molecule has 6 heteroatoms. The van der Waals surface area contributed by atoms with Crippen LogP contribution in [0.15, 0.2) is 48.5 Å². The Hall–Kier alpha value is -3.43. The van der Waals surface area contributed by atoms with Gasteiger partial charge in [0.05, 0.1) is 0 Å². The van der Waals surface area contributed by atoms with Gasteiger partial charge in [-0.05, 0) is 67.6 Å². The molecule has 178 valence electrons. The molecule has 1 aliphatic rings. The molecule has 1 atom stereocenters. The number of aliphatic hydroxyl groups is 1. The van der Waals surface area contributed by atoms with Gasteiger partial charge in [-0.1, -0.05) is 43.2 Å². The Bertz CT molecular complexity index is 1070. The number of benzene rings is 2. The Labute approximate surface area is 201 Å². The molecular formula is C28H32N2O4. The molecule has 0 radical (unpaired) electrons. The van der Waals surface area contributed by atoms with E-state index in [0.717, 1.165) is 28.4 Å². The zero-order chi connectivity index (χ0) is 24.7. The molecule has 1 saturated carbocycles. The number of ketones is 1. The minimum Gasteiger partial charge on any atom is -0.388 e. The lowest BCUT2D eigenvalue weighted by atomic mass is 9.81. The Morgan fingerprint density at radius 1 is 1.03 bits per heavy atom. The summed E-state index contributed by atoms with van der Waals surface area (Å²) in [5.41, 5.74) is 1.51. The number of hydrogen-bond acceptors (Lipinski definition) is 4. The van der Waals surface area contributed by atoms with Gasteiger partial charge >= 0.3 is 0 Å². The summed E-state index contributed by atoms with van der Waals surface area (Å²) >= 11 is 0. The first-order valence-electron chi connectivity index (χ1n) is 11.6. The van der Waals surface area contributed by atoms with Crippen LogP contribution in [0.2, 0.25) is 0 Å². The van der Waals surface area contributed by atoms with Gasteiger partial charge < -0.3 is 15.3 Å². The summed E-state index contributed by atoms with van der Waals surface area (Å²) in [5, 5.41) is 11.7. The molecule has 0 unspecified atom stereocenters. The molecule has 2 amide bonds. The van der Waals surface area contributed by atoms with Crippen molar-refractivity contribution < 1.29 is 19.5 Å². The molecule has 0 bridgehead atoms. The highest BCUT2D eigenvalue weighted by atomic mass is 16.3. The van der Waals surface area contributed by atoms with Crippen LogP contribution in [0.3, 0.4) is 0 Å². The van der Waals surface area contributed by atoms with Crippen LogP contribution in [-0.2, 0) is 16.0 Å². The number of carbonyl (C=O) groups excluding carboxylic acids is 3. The van der Waals surface area contributed by atoms with Gasteiger partial charge in [0.25, 0.3) is 11.8 Å². The van der Waals surface area contributed by atoms with Crippen molar-refractivity contribution in [3.05, 3.63) is 70.8 Å². The van der Waals surface area contributed by atoms with E-state index in [9.17, 15) is 19.5 Å². The number of nitrogens with zero attached hydrogens (tertiary/aromatic N) is 1. The third kappa shape index (κ3) is 5.55. The molecule has 2 N–H and O–H groups in total. The molecule has 34 heavy (non-hydrogen) atoms. The maximum atomic E-state index is 12.9. The van der Waals surface area contributed by atoms with Crippen LogP contribution in [0.1, 0.15) is 59.7 Å². The highest BCUT2D eigenvalue weighted by Gasteiger charge is 2.46. The smallest absolute Gasteiger partial charge is 0.254 e. The van der Waals surface area contributed by atoms with Crippen LogP contribution in [0.25, 0.3) is 0 Å². The van der Waals surface area contributed by atoms with Crippen LogP contribution in [0, 0.1) is 17.8 Å². The highest BCUT2D eigenvalue weighted by molar-refractivity contribution is 6.14. The molecule has 2 aromatic rings. The summed E-state index contributed by atoms with van der Waals surface area (Å²) in [5.74, 6) is 5.21. The van der Waals surface area contributed by atoms with Crippen molar-refractivity contribution in [2.45, 2.75) is 44.6 Å². The van der Waals surface area contributed by atoms with Crippen LogP contribution < -0.4 is 5.32 Å². The Morgan fingerprint density at radius 2 is 1.59 bits per heavy atom. The van der Waals surface area contributed by atoms with Gasteiger partial charge in [0, 0.05) is 30.8 Å². The number of aryl methyl sites for hydroxylation is 1. The Balaban J connectivity index is 1.66. The lowest BCUT2D eigenvalue weighted by Gasteiger charge is -2.35. The molecule has 1 aliphatic carbocycles. The van der Waals surface area contributed by atoms with E-state index in [1.54, 1.807) is 24.3 Å². The maximum Gasteiger partial charge on any atom is 0.254 e. The van der Waals surface area contributed by atoms with Gasteiger partial charge in [-0.15, -0.1) is 0 Å². The van der Waals surface area contributed by atoms with E-state index in [1.807, 2.05) is 12.1 Å². The Kier molecular flexibility index (Phi) is 8.25. The van der Waals surface area contributed by atoms with Crippen molar-refractivity contribution in [3.63, 3.8) is 0 Å². The minimum absolute atomic E-state index is 0.310. The molecule has 0 aromatic heterocycles.